The molecular weight excluding hydrogens is 252 g/mol. The van der Waals surface area contributed by atoms with Gasteiger partial charge in [0.05, 0.1) is 0 Å². The second-order valence-electron chi connectivity index (χ2n) is 5.83. The van der Waals surface area contributed by atoms with Crippen LogP contribution >= 0.6 is 0 Å². The van der Waals surface area contributed by atoms with E-state index in [9.17, 15) is 9.59 Å². The van der Waals surface area contributed by atoms with E-state index in [0.29, 0.717) is 0 Å². The summed E-state index contributed by atoms with van der Waals surface area (Å²) >= 11 is 0. The number of imide groups is 1. The zero-order chi connectivity index (χ0) is 15.0. The maximum Gasteiger partial charge on any atom is 0.232 e. The van der Waals surface area contributed by atoms with Gasteiger partial charge in [0.1, 0.15) is 0 Å². The van der Waals surface area contributed by atoms with Crippen molar-refractivity contribution >= 4 is 11.8 Å². The van der Waals surface area contributed by atoms with Crippen molar-refractivity contribution in [1.82, 2.24) is 4.90 Å². The summed E-state index contributed by atoms with van der Waals surface area (Å²) in [6, 6.07) is 5.71. The highest BCUT2D eigenvalue weighted by Gasteiger charge is 2.42. The quantitative estimate of drug-likeness (QED) is 0.857. The Morgan fingerprint density at radius 2 is 1.70 bits per heavy atom. The molecule has 0 saturated carbocycles. The summed E-state index contributed by atoms with van der Waals surface area (Å²) in [6.45, 7) is 7.89. The van der Waals surface area contributed by atoms with Crippen molar-refractivity contribution in [1.29, 1.82) is 0 Å². The van der Waals surface area contributed by atoms with Gasteiger partial charge >= 0.3 is 0 Å². The molecule has 3 unspecified atom stereocenters. The summed E-state index contributed by atoms with van der Waals surface area (Å²) in [5.74, 6) is -0.701. The zero-order valence-electron chi connectivity index (χ0n) is 12.5. The number of nitrogens with zero attached hydrogens (tertiary/aromatic N) is 1. The SMILES string of the molecule is Cc1ccc(C(N)CN2C(=O)C(C)C(C)C2=O)c(C)c1. The van der Waals surface area contributed by atoms with Crippen LogP contribution in [0, 0.1) is 25.7 Å². The van der Waals surface area contributed by atoms with E-state index in [1.807, 2.05) is 26.0 Å². The van der Waals surface area contributed by atoms with Crippen molar-refractivity contribution in [2.45, 2.75) is 33.7 Å². The van der Waals surface area contributed by atoms with Gasteiger partial charge in [0, 0.05) is 24.4 Å². The summed E-state index contributed by atoms with van der Waals surface area (Å²) in [7, 11) is 0. The van der Waals surface area contributed by atoms with Crippen molar-refractivity contribution < 1.29 is 9.59 Å². The summed E-state index contributed by atoms with van der Waals surface area (Å²) in [5.41, 5.74) is 9.45. The van der Waals surface area contributed by atoms with E-state index >= 15 is 0 Å². The number of hydrogen-bond acceptors (Lipinski definition) is 3. The number of benzene rings is 1. The molecule has 1 aliphatic heterocycles. The van der Waals surface area contributed by atoms with Gasteiger partial charge in [-0.15, -0.1) is 0 Å². The van der Waals surface area contributed by atoms with Crippen molar-refractivity contribution in [3.05, 3.63) is 34.9 Å². The molecule has 1 heterocycles. The van der Waals surface area contributed by atoms with Crippen LogP contribution in [0.4, 0.5) is 0 Å². The Kier molecular flexibility index (Phi) is 3.95. The molecule has 1 aromatic rings. The van der Waals surface area contributed by atoms with Crippen LogP contribution in [0.25, 0.3) is 0 Å². The topological polar surface area (TPSA) is 63.4 Å². The predicted molar refractivity (Wildman–Crippen MR) is 77.9 cm³/mol. The minimum absolute atomic E-state index is 0.109. The highest BCUT2D eigenvalue weighted by molar-refractivity contribution is 6.04. The highest BCUT2D eigenvalue weighted by atomic mass is 16.2. The highest BCUT2D eigenvalue weighted by Crippen LogP contribution is 2.27. The molecule has 4 heteroatoms. The van der Waals surface area contributed by atoms with E-state index in [0.717, 1.165) is 11.1 Å². The average molecular weight is 274 g/mol. The molecular formula is C16H22N2O2. The monoisotopic (exact) mass is 274 g/mol. The van der Waals surface area contributed by atoms with Crippen LogP contribution in [0.5, 0.6) is 0 Å². The van der Waals surface area contributed by atoms with Crippen LogP contribution in [0.2, 0.25) is 0 Å². The molecule has 0 aliphatic carbocycles. The van der Waals surface area contributed by atoms with Gasteiger partial charge in [0.15, 0.2) is 0 Å². The molecule has 0 aromatic heterocycles. The first kappa shape index (κ1) is 14.7. The number of carbonyl (C=O) groups is 2. The first-order valence-corrected chi connectivity index (χ1v) is 7.01. The van der Waals surface area contributed by atoms with Crippen LogP contribution in [0.15, 0.2) is 18.2 Å². The molecule has 0 spiro atoms. The lowest BCUT2D eigenvalue weighted by Gasteiger charge is -2.21. The molecule has 0 bridgehead atoms. The maximum absolute atomic E-state index is 12.1. The molecule has 2 amide bonds. The smallest absolute Gasteiger partial charge is 0.232 e. The lowest BCUT2D eigenvalue weighted by molar-refractivity contribution is -0.140. The van der Waals surface area contributed by atoms with Gasteiger partial charge in [-0.05, 0) is 25.0 Å². The van der Waals surface area contributed by atoms with E-state index < -0.39 is 0 Å². The van der Waals surface area contributed by atoms with Gasteiger partial charge in [0.2, 0.25) is 11.8 Å². The molecule has 4 nitrogen and oxygen atoms in total. The van der Waals surface area contributed by atoms with E-state index in [2.05, 4.69) is 6.07 Å². The summed E-state index contributed by atoms with van der Waals surface area (Å²) in [4.78, 5) is 25.5. The molecule has 2 N–H and O–H groups in total. The number of aryl methyl sites for hydroxylation is 2. The van der Waals surface area contributed by atoms with Gasteiger partial charge in [-0.25, -0.2) is 0 Å². The second-order valence-corrected chi connectivity index (χ2v) is 5.83. The van der Waals surface area contributed by atoms with Gasteiger partial charge in [-0.3, -0.25) is 14.5 Å². The van der Waals surface area contributed by atoms with Crippen molar-refractivity contribution in [2.24, 2.45) is 17.6 Å². The minimum atomic E-state index is -0.332. The molecule has 2 rings (SSSR count). The lowest BCUT2D eigenvalue weighted by Crippen LogP contribution is -2.37. The fourth-order valence-electron chi connectivity index (χ4n) is 2.74. The van der Waals surface area contributed by atoms with Crippen LogP contribution < -0.4 is 5.73 Å². The van der Waals surface area contributed by atoms with E-state index in [-0.39, 0.29) is 36.2 Å². The number of hydrogen-bond donors (Lipinski definition) is 1. The summed E-state index contributed by atoms with van der Waals surface area (Å²) in [5, 5.41) is 0. The average Bonchev–Trinajstić information content (AvgIpc) is 2.56. The molecule has 1 fully saturated rings. The normalized spacial score (nSPS) is 24.4. The first-order chi connectivity index (χ1) is 9.32. The maximum atomic E-state index is 12.1. The van der Waals surface area contributed by atoms with Crippen LogP contribution in [-0.4, -0.2) is 23.3 Å². The molecule has 20 heavy (non-hydrogen) atoms. The largest absolute Gasteiger partial charge is 0.322 e. The Bertz CT molecular complexity index is 533. The Morgan fingerprint density at radius 3 is 2.20 bits per heavy atom. The molecule has 108 valence electrons. The van der Waals surface area contributed by atoms with Gasteiger partial charge in [-0.2, -0.15) is 0 Å². The third-order valence-electron chi connectivity index (χ3n) is 4.27. The van der Waals surface area contributed by atoms with Crippen molar-refractivity contribution in [3.8, 4) is 0 Å². The number of rotatable bonds is 3. The number of amides is 2. The van der Waals surface area contributed by atoms with Crippen molar-refractivity contribution in [2.75, 3.05) is 6.54 Å². The number of carbonyl (C=O) groups excluding carboxylic acids is 2. The van der Waals surface area contributed by atoms with E-state index in [1.54, 1.807) is 13.8 Å². The van der Waals surface area contributed by atoms with Crippen LogP contribution in [-0.2, 0) is 9.59 Å². The van der Waals surface area contributed by atoms with E-state index in [1.165, 1.54) is 10.5 Å². The van der Waals surface area contributed by atoms with Gasteiger partial charge < -0.3 is 5.73 Å². The fraction of sp³-hybridized carbons (Fsp3) is 0.500. The Hall–Kier alpha value is -1.68. The third-order valence-corrected chi connectivity index (χ3v) is 4.27. The van der Waals surface area contributed by atoms with Crippen molar-refractivity contribution in [3.63, 3.8) is 0 Å². The Balaban J connectivity index is 2.18. The van der Waals surface area contributed by atoms with Gasteiger partial charge in [-0.1, -0.05) is 37.6 Å². The third kappa shape index (κ3) is 2.48. The number of likely N-dealkylation sites (tertiary alicyclic amines) is 1. The van der Waals surface area contributed by atoms with Gasteiger partial charge in [0.25, 0.3) is 0 Å². The molecule has 3 atom stereocenters. The first-order valence-electron chi connectivity index (χ1n) is 7.01. The molecule has 1 aromatic carbocycles. The second kappa shape index (κ2) is 5.37. The lowest BCUT2D eigenvalue weighted by atomic mass is 9.99. The standard InChI is InChI=1S/C16H22N2O2/c1-9-5-6-13(10(2)7-9)14(17)8-18-15(19)11(3)12(4)16(18)20/h5-7,11-12,14H,8,17H2,1-4H3. The summed E-state index contributed by atoms with van der Waals surface area (Å²) < 4.78 is 0. The Morgan fingerprint density at radius 1 is 1.15 bits per heavy atom. The minimum Gasteiger partial charge on any atom is -0.322 e. The molecule has 1 saturated heterocycles. The van der Waals surface area contributed by atoms with Crippen LogP contribution in [0.3, 0.4) is 0 Å². The number of nitrogens with two attached hydrogens (primary N) is 1. The van der Waals surface area contributed by atoms with E-state index in [4.69, 9.17) is 5.73 Å². The molecule has 0 radical (unpaired) electrons. The fourth-order valence-corrected chi connectivity index (χ4v) is 2.74. The zero-order valence-corrected chi connectivity index (χ0v) is 12.5. The summed E-state index contributed by atoms with van der Waals surface area (Å²) in [6.07, 6.45) is 0. The predicted octanol–water partition coefficient (Wildman–Crippen LogP) is 1.94. The van der Waals surface area contributed by atoms with Crippen LogP contribution in [0.1, 0.15) is 36.6 Å². The molecule has 1 aliphatic rings. The Labute approximate surface area is 119 Å².